The molecule has 2 aromatic carbocycles. The summed E-state index contributed by atoms with van der Waals surface area (Å²) in [7, 11) is -3.70. The molecular weight excluding hydrogens is 805 g/mol. The van der Waals surface area contributed by atoms with Gasteiger partial charge in [0.1, 0.15) is 11.7 Å². The fourth-order valence-electron chi connectivity index (χ4n) is 12.6. The minimum atomic E-state index is -3.70. The van der Waals surface area contributed by atoms with Crippen LogP contribution in [0.15, 0.2) is 70.5 Å². The van der Waals surface area contributed by atoms with Crippen LogP contribution in [0.25, 0.3) is 11.0 Å². The zero-order valence-electron chi connectivity index (χ0n) is 35.0. The summed E-state index contributed by atoms with van der Waals surface area (Å²) in [5.41, 5.74) is 4.69. The summed E-state index contributed by atoms with van der Waals surface area (Å²) in [6.07, 6.45) is 12.3. The van der Waals surface area contributed by atoms with Crippen LogP contribution in [0.4, 0.5) is 5.95 Å². The summed E-state index contributed by atoms with van der Waals surface area (Å²) in [5.74, 6) is 1.45. The molecule has 3 aliphatic carbocycles. The molecule has 3 saturated carbocycles. The van der Waals surface area contributed by atoms with Gasteiger partial charge in [0, 0.05) is 74.4 Å². The molecule has 4 aromatic rings. The third-order valence-electron chi connectivity index (χ3n) is 15.7. The number of anilines is 1. The molecule has 324 valence electrons. The van der Waals surface area contributed by atoms with E-state index in [0.717, 1.165) is 74.5 Å². The standard InChI is InChI=1S/C47H54N8O6S/c56-41-12-11-40(44(58)50-41)54-28-33-22-34(9-10-38(33)45(54)59)47-23-30-21-39(47)31(24-47)14-17-52(27-30)26-29-4-3-7-37(20-29)62(60,61)53-18-15-35(16-19-53)49-46-48-25-32-8-13-42(57)55(43(32)51-46)36-5-1-2-6-36/h3-4,7-10,13,20,22,25,30-31,35-36,39-40H,1-2,5-6,11-12,14-19,21,23-24,26-28H2,(H,48,49,51)(H,50,56,58). The number of hydrogen-bond donors (Lipinski definition) is 2. The highest BCUT2D eigenvalue weighted by Crippen LogP contribution is 2.65. The highest BCUT2D eigenvalue weighted by Gasteiger charge is 2.60. The van der Waals surface area contributed by atoms with E-state index in [9.17, 15) is 27.6 Å². The molecule has 5 atom stereocenters. The van der Waals surface area contributed by atoms with Crippen LogP contribution in [0.3, 0.4) is 0 Å². The van der Waals surface area contributed by atoms with Crippen LogP contribution in [0.2, 0.25) is 0 Å². The van der Waals surface area contributed by atoms with E-state index in [1.807, 2.05) is 28.8 Å². The quantitative estimate of drug-likeness (QED) is 0.216. The van der Waals surface area contributed by atoms with Crippen molar-refractivity contribution in [1.82, 2.24) is 34.0 Å². The number of aromatic nitrogens is 3. The van der Waals surface area contributed by atoms with Crippen molar-refractivity contribution >= 4 is 44.7 Å². The molecule has 0 radical (unpaired) electrons. The van der Waals surface area contributed by atoms with E-state index < -0.39 is 16.1 Å². The molecule has 15 heteroatoms. The fraction of sp³-hybridized carbons (Fsp3) is 0.532. The van der Waals surface area contributed by atoms with E-state index in [0.29, 0.717) is 85.2 Å². The van der Waals surface area contributed by atoms with Gasteiger partial charge >= 0.3 is 0 Å². The van der Waals surface area contributed by atoms with E-state index >= 15 is 0 Å². The van der Waals surface area contributed by atoms with Gasteiger partial charge in [0.2, 0.25) is 27.8 Å². The molecule has 4 aliphatic heterocycles. The summed E-state index contributed by atoms with van der Waals surface area (Å²) in [6.45, 7) is 3.82. The Labute approximate surface area is 361 Å². The summed E-state index contributed by atoms with van der Waals surface area (Å²) < 4.78 is 31.6. The van der Waals surface area contributed by atoms with Crippen LogP contribution in [0, 0.1) is 17.8 Å². The van der Waals surface area contributed by atoms with Crippen molar-refractivity contribution in [2.45, 2.75) is 119 Å². The second-order valence-electron chi connectivity index (χ2n) is 19.3. The lowest BCUT2D eigenvalue weighted by molar-refractivity contribution is -0.136. The minimum Gasteiger partial charge on any atom is -0.351 e. The largest absolute Gasteiger partial charge is 0.351 e. The van der Waals surface area contributed by atoms with Gasteiger partial charge in [-0.25, -0.2) is 13.4 Å². The van der Waals surface area contributed by atoms with E-state index in [1.165, 1.54) is 12.0 Å². The molecular formula is C47H54N8O6S. The molecule has 62 heavy (non-hydrogen) atoms. The molecule has 5 unspecified atom stereocenters. The molecule has 2 N–H and O–H groups in total. The first-order valence-electron chi connectivity index (χ1n) is 22.8. The summed E-state index contributed by atoms with van der Waals surface area (Å²) >= 11 is 0. The van der Waals surface area contributed by atoms with E-state index in [1.54, 1.807) is 33.6 Å². The predicted molar refractivity (Wildman–Crippen MR) is 232 cm³/mol. The van der Waals surface area contributed by atoms with Crippen LogP contribution in [-0.2, 0) is 38.1 Å². The highest BCUT2D eigenvalue weighted by molar-refractivity contribution is 7.89. The minimum absolute atomic E-state index is 0.00959. The number of benzene rings is 2. The van der Waals surface area contributed by atoms with Gasteiger partial charge in [-0.2, -0.15) is 9.29 Å². The molecule has 0 spiro atoms. The Morgan fingerprint density at radius 2 is 1.73 bits per heavy atom. The van der Waals surface area contributed by atoms with Crippen LogP contribution in [0.5, 0.6) is 0 Å². The van der Waals surface area contributed by atoms with Gasteiger partial charge in [-0.1, -0.05) is 37.1 Å². The Hall–Kier alpha value is -4.99. The van der Waals surface area contributed by atoms with Crippen molar-refractivity contribution in [1.29, 1.82) is 0 Å². The first-order valence-corrected chi connectivity index (χ1v) is 24.2. The van der Waals surface area contributed by atoms with Gasteiger partial charge in [-0.3, -0.25) is 34.0 Å². The third kappa shape index (κ3) is 6.85. The van der Waals surface area contributed by atoms with Crippen LogP contribution in [-0.4, -0.2) is 93.0 Å². The number of amides is 3. The van der Waals surface area contributed by atoms with Crippen molar-refractivity contribution < 1.29 is 22.8 Å². The number of fused-ring (bicyclic) bond motifs is 3. The highest BCUT2D eigenvalue weighted by atomic mass is 32.2. The SMILES string of the molecule is O=C1CCC(N2Cc3cc(C45CC6CC4C(CCN(Cc4cccc(S(=O)(=O)N7CCC(Nc8ncc9ccc(=O)n(C%10CCCC%10)c9n8)CC7)c4)C6)C5)ccc3C2=O)C(=O)N1. The topological polar surface area (TPSA) is 167 Å². The number of sulfonamides is 1. The number of carbonyl (C=O) groups excluding carboxylic acids is 3. The van der Waals surface area contributed by atoms with Crippen molar-refractivity contribution in [3.05, 3.63) is 93.4 Å². The van der Waals surface area contributed by atoms with Crippen LogP contribution < -0.4 is 16.2 Å². The van der Waals surface area contributed by atoms with E-state index in [4.69, 9.17) is 4.98 Å². The lowest BCUT2D eigenvalue weighted by Crippen LogP contribution is -2.52. The number of piperidine rings is 2. The predicted octanol–water partition coefficient (Wildman–Crippen LogP) is 5.12. The Morgan fingerprint density at radius 1 is 0.887 bits per heavy atom. The number of imide groups is 1. The number of likely N-dealkylation sites (tertiary alicyclic amines) is 1. The molecule has 3 saturated heterocycles. The molecule has 6 heterocycles. The zero-order chi connectivity index (χ0) is 42.3. The number of pyridine rings is 1. The average molecular weight is 859 g/mol. The number of rotatable bonds is 9. The Morgan fingerprint density at radius 3 is 2.55 bits per heavy atom. The number of hydrogen-bond acceptors (Lipinski definition) is 10. The van der Waals surface area contributed by atoms with Crippen molar-refractivity contribution in [3.63, 3.8) is 0 Å². The van der Waals surface area contributed by atoms with Gasteiger partial charge < -0.3 is 10.2 Å². The lowest BCUT2D eigenvalue weighted by atomic mass is 9.52. The molecule has 14 nitrogen and oxygen atoms in total. The molecule has 2 bridgehead atoms. The number of nitrogens with one attached hydrogen (secondary N) is 2. The van der Waals surface area contributed by atoms with Crippen molar-refractivity contribution in [3.8, 4) is 0 Å². The summed E-state index contributed by atoms with van der Waals surface area (Å²) in [6, 6.07) is 16.8. The monoisotopic (exact) mass is 858 g/mol. The van der Waals surface area contributed by atoms with Gasteiger partial charge in [0.15, 0.2) is 0 Å². The second kappa shape index (κ2) is 15.4. The van der Waals surface area contributed by atoms with Crippen molar-refractivity contribution in [2.24, 2.45) is 17.8 Å². The maximum atomic E-state index is 14.1. The maximum Gasteiger partial charge on any atom is 0.255 e. The van der Waals surface area contributed by atoms with Gasteiger partial charge in [-0.05, 0) is 128 Å². The summed E-state index contributed by atoms with van der Waals surface area (Å²) in [4.78, 5) is 64.5. The smallest absolute Gasteiger partial charge is 0.255 e. The van der Waals surface area contributed by atoms with Gasteiger partial charge in [0.25, 0.3) is 11.5 Å². The van der Waals surface area contributed by atoms with Crippen LogP contribution in [0.1, 0.15) is 110 Å². The lowest BCUT2D eigenvalue weighted by Gasteiger charge is -2.53. The Balaban J connectivity index is 0.721. The Bertz CT molecular complexity index is 2660. The molecule has 6 fully saturated rings. The normalized spacial score (nSPS) is 28.5. The number of carbonyl (C=O) groups is 3. The number of nitrogens with zero attached hydrogens (tertiary/aromatic N) is 6. The fourth-order valence-corrected chi connectivity index (χ4v) is 14.2. The first-order chi connectivity index (χ1) is 30.0. The third-order valence-corrected chi connectivity index (χ3v) is 17.6. The average Bonchev–Trinajstić information content (AvgIpc) is 3.99. The summed E-state index contributed by atoms with van der Waals surface area (Å²) in [5, 5.41) is 6.68. The zero-order valence-corrected chi connectivity index (χ0v) is 35.8. The molecule has 11 rings (SSSR count). The molecule has 2 aromatic heterocycles. The van der Waals surface area contributed by atoms with Crippen molar-refractivity contribution in [2.75, 3.05) is 31.5 Å². The van der Waals surface area contributed by atoms with Gasteiger partial charge in [0.05, 0.1) is 4.90 Å². The molecule has 3 amide bonds. The second-order valence-corrected chi connectivity index (χ2v) is 21.2. The maximum absolute atomic E-state index is 14.1. The van der Waals surface area contributed by atoms with E-state index in [2.05, 4.69) is 32.7 Å². The van der Waals surface area contributed by atoms with Crippen LogP contribution >= 0.6 is 0 Å². The van der Waals surface area contributed by atoms with E-state index in [-0.39, 0.29) is 47.2 Å². The first kappa shape index (κ1) is 39.8. The molecule has 7 aliphatic rings. The Kier molecular flexibility index (Phi) is 9.87. The van der Waals surface area contributed by atoms with Gasteiger partial charge in [-0.15, -0.1) is 0 Å².